The van der Waals surface area contributed by atoms with Gasteiger partial charge in [0.05, 0.1) is 16.2 Å². The number of carbonyl (C=O) groups excluding carboxylic acids is 1. The highest BCUT2D eigenvalue weighted by atomic mass is 32.2. The second-order valence-corrected chi connectivity index (χ2v) is 7.44. The van der Waals surface area contributed by atoms with Crippen molar-refractivity contribution in [1.29, 1.82) is 0 Å². The Balaban J connectivity index is 1.55. The predicted octanol–water partition coefficient (Wildman–Crippen LogP) is 5.02. The lowest BCUT2D eigenvalue weighted by Gasteiger charge is -2.07. The summed E-state index contributed by atoms with van der Waals surface area (Å²) in [5.41, 5.74) is 1.44. The van der Waals surface area contributed by atoms with E-state index in [2.05, 4.69) is 4.99 Å². The molecule has 2 aromatic carbocycles. The third-order valence-corrected chi connectivity index (χ3v) is 5.43. The average molecular weight is 422 g/mol. The summed E-state index contributed by atoms with van der Waals surface area (Å²) in [6, 6.07) is 15.5. The predicted molar refractivity (Wildman–Crippen MR) is 113 cm³/mol. The molecule has 3 aromatic rings. The number of nitrogens with zero attached hydrogens (tertiary/aromatic N) is 2. The molecule has 1 amide bonds. The molecule has 2 heterocycles. The number of benzene rings is 2. The Bertz CT molecular complexity index is 1180. The van der Waals surface area contributed by atoms with E-state index in [1.165, 1.54) is 40.9 Å². The number of aliphatic imine (C=N–C) groups is 1. The van der Waals surface area contributed by atoms with Crippen LogP contribution in [-0.4, -0.2) is 34.1 Å². The minimum absolute atomic E-state index is 0.165. The second kappa shape index (κ2) is 8.00. The number of thioether (sulfide) groups is 1. The Morgan fingerprint density at radius 3 is 2.47 bits per heavy atom. The first kappa shape index (κ1) is 19.7. The molecular weight excluding hydrogens is 407 g/mol. The van der Waals surface area contributed by atoms with Gasteiger partial charge in [0.2, 0.25) is 0 Å². The van der Waals surface area contributed by atoms with Crippen molar-refractivity contribution in [2.24, 2.45) is 4.99 Å². The van der Waals surface area contributed by atoms with E-state index in [-0.39, 0.29) is 17.3 Å². The van der Waals surface area contributed by atoms with E-state index < -0.39 is 5.97 Å². The zero-order valence-electron chi connectivity index (χ0n) is 15.7. The lowest BCUT2D eigenvalue weighted by Crippen LogP contribution is -2.23. The van der Waals surface area contributed by atoms with Crippen molar-refractivity contribution in [1.82, 2.24) is 4.90 Å². The van der Waals surface area contributed by atoms with Crippen molar-refractivity contribution in [3.8, 4) is 11.3 Å². The van der Waals surface area contributed by atoms with Crippen LogP contribution in [0.25, 0.3) is 17.4 Å². The van der Waals surface area contributed by atoms with Crippen molar-refractivity contribution < 1.29 is 23.5 Å². The van der Waals surface area contributed by atoms with Gasteiger partial charge in [-0.25, -0.2) is 14.2 Å². The number of hydrogen-bond donors (Lipinski definition) is 1. The molecule has 1 aromatic heterocycles. The van der Waals surface area contributed by atoms with Gasteiger partial charge in [-0.1, -0.05) is 0 Å². The summed E-state index contributed by atoms with van der Waals surface area (Å²) >= 11 is 1.20. The molecule has 0 aliphatic carbocycles. The van der Waals surface area contributed by atoms with Crippen molar-refractivity contribution in [3.63, 3.8) is 0 Å². The fourth-order valence-electron chi connectivity index (χ4n) is 2.77. The van der Waals surface area contributed by atoms with Crippen LogP contribution in [0.2, 0.25) is 0 Å². The van der Waals surface area contributed by atoms with E-state index in [9.17, 15) is 14.0 Å². The Morgan fingerprint density at radius 1 is 1.10 bits per heavy atom. The van der Waals surface area contributed by atoms with E-state index >= 15 is 0 Å². The molecule has 1 fully saturated rings. The molecular formula is C22H15FN2O4S. The van der Waals surface area contributed by atoms with E-state index in [4.69, 9.17) is 9.52 Å². The van der Waals surface area contributed by atoms with Gasteiger partial charge in [0.15, 0.2) is 5.17 Å². The molecule has 0 unspecified atom stereocenters. The van der Waals surface area contributed by atoms with Crippen LogP contribution in [0.1, 0.15) is 16.1 Å². The van der Waals surface area contributed by atoms with Gasteiger partial charge in [-0.3, -0.25) is 9.69 Å². The lowest BCUT2D eigenvalue weighted by molar-refractivity contribution is -0.121. The van der Waals surface area contributed by atoms with Crippen LogP contribution in [-0.2, 0) is 4.79 Å². The van der Waals surface area contributed by atoms with Crippen molar-refractivity contribution in [2.45, 2.75) is 0 Å². The standard InChI is InChI=1S/C22H15FN2O4S/c1-25-20(26)19(30-22(25)24-16-8-4-14(5-9-16)21(27)28)12-17-10-11-18(29-17)13-2-6-15(23)7-3-13/h2-12H,1H3,(H,27,28). The van der Waals surface area contributed by atoms with Crippen LogP contribution in [0.3, 0.4) is 0 Å². The van der Waals surface area contributed by atoms with E-state index in [0.717, 1.165) is 5.56 Å². The number of carboxylic acid groups (broad SMARTS) is 1. The number of likely N-dealkylation sites (N-methyl/N-ethyl adjacent to an activating group) is 1. The fraction of sp³-hybridized carbons (Fsp3) is 0.0455. The van der Waals surface area contributed by atoms with Crippen LogP contribution in [0.5, 0.6) is 0 Å². The fourth-order valence-corrected chi connectivity index (χ4v) is 3.74. The summed E-state index contributed by atoms with van der Waals surface area (Å²) in [6.07, 6.45) is 1.63. The second-order valence-electron chi connectivity index (χ2n) is 6.43. The van der Waals surface area contributed by atoms with Crippen LogP contribution in [0, 0.1) is 5.82 Å². The molecule has 6 nitrogen and oxygen atoms in total. The highest BCUT2D eigenvalue weighted by molar-refractivity contribution is 8.18. The van der Waals surface area contributed by atoms with Gasteiger partial charge in [-0.05, 0) is 72.4 Å². The summed E-state index contributed by atoms with van der Waals surface area (Å²) in [5.74, 6) is -0.502. The third-order valence-electron chi connectivity index (χ3n) is 4.37. The quantitative estimate of drug-likeness (QED) is 0.597. The van der Waals surface area contributed by atoms with Gasteiger partial charge in [-0.2, -0.15) is 0 Å². The molecule has 8 heteroatoms. The molecule has 0 atom stereocenters. The number of amidine groups is 1. The molecule has 1 aliphatic rings. The third kappa shape index (κ3) is 4.04. The number of carboxylic acids is 1. The maximum atomic E-state index is 13.1. The van der Waals surface area contributed by atoms with Gasteiger partial charge in [0.25, 0.3) is 5.91 Å². The number of rotatable bonds is 4. The first-order valence-corrected chi connectivity index (χ1v) is 9.68. The van der Waals surface area contributed by atoms with E-state index in [1.807, 2.05) is 0 Å². The van der Waals surface area contributed by atoms with Crippen molar-refractivity contribution in [3.05, 3.63) is 82.7 Å². The highest BCUT2D eigenvalue weighted by Gasteiger charge is 2.30. The largest absolute Gasteiger partial charge is 0.478 e. The maximum Gasteiger partial charge on any atom is 0.335 e. The Kier molecular flexibility index (Phi) is 5.24. The average Bonchev–Trinajstić information content (AvgIpc) is 3.30. The minimum Gasteiger partial charge on any atom is -0.478 e. The number of furan rings is 1. The zero-order valence-corrected chi connectivity index (χ0v) is 16.5. The normalized spacial score (nSPS) is 16.6. The molecule has 0 spiro atoms. The molecule has 150 valence electrons. The number of halogens is 1. The Labute approximate surface area is 175 Å². The van der Waals surface area contributed by atoms with Gasteiger partial charge in [-0.15, -0.1) is 0 Å². The van der Waals surface area contributed by atoms with Gasteiger partial charge < -0.3 is 9.52 Å². The topological polar surface area (TPSA) is 83.1 Å². The summed E-state index contributed by atoms with van der Waals surface area (Å²) in [7, 11) is 1.62. The molecule has 1 saturated heterocycles. The minimum atomic E-state index is -1.01. The number of amides is 1. The SMILES string of the molecule is CN1C(=O)C(=Cc2ccc(-c3ccc(F)cc3)o2)SC1=Nc1ccc(C(=O)O)cc1. The van der Waals surface area contributed by atoms with Crippen LogP contribution in [0.4, 0.5) is 10.1 Å². The molecule has 1 N–H and O–H groups in total. The first-order valence-electron chi connectivity index (χ1n) is 8.86. The van der Waals surface area contributed by atoms with Crippen LogP contribution >= 0.6 is 11.8 Å². The summed E-state index contributed by atoms with van der Waals surface area (Å²) in [5, 5.41) is 9.44. The monoisotopic (exact) mass is 422 g/mol. The lowest BCUT2D eigenvalue weighted by atomic mass is 10.2. The molecule has 0 saturated carbocycles. The zero-order chi connectivity index (χ0) is 21.3. The summed E-state index contributed by atoms with van der Waals surface area (Å²) in [6.45, 7) is 0. The molecule has 1 aliphatic heterocycles. The number of carbonyl (C=O) groups is 2. The number of aromatic carboxylic acids is 1. The van der Waals surface area contributed by atoms with Crippen LogP contribution < -0.4 is 0 Å². The molecule has 0 radical (unpaired) electrons. The van der Waals surface area contributed by atoms with Crippen LogP contribution in [0.15, 0.2) is 75.0 Å². The summed E-state index contributed by atoms with van der Waals surface area (Å²) < 4.78 is 18.8. The highest BCUT2D eigenvalue weighted by Crippen LogP contribution is 2.34. The first-order chi connectivity index (χ1) is 14.4. The van der Waals surface area contributed by atoms with Crippen molar-refractivity contribution >= 4 is 40.6 Å². The van der Waals surface area contributed by atoms with Gasteiger partial charge in [0, 0.05) is 18.7 Å². The number of hydrogen-bond acceptors (Lipinski definition) is 5. The Hall–Kier alpha value is -3.65. The van der Waals surface area contributed by atoms with Crippen molar-refractivity contribution in [2.75, 3.05) is 7.05 Å². The van der Waals surface area contributed by atoms with Gasteiger partial charge >= 0.3 is 5.97 Å². The summed E-state index contributed by atoms with van der Waals surface area (Å²) in [4.78, 5) is 29.8. The molecule has 4 rings (SSSR count). The van der Waals surface area contributed by atoms with Gasteiger partial charge in [0.1, 0.15) is 17.3 Å². The smallest absolute Gasteiger partial charge is 0.335 e. The van der Waals surface area contributed by atoms with E-state index in [1.54, 1.807) is 49.5 Å². The maximum absolute atomic E-state index is 13.1. The van der Waals surface area contributed by atoms with E-state index in [0.29, 0.717) is 27.3 Å². The molecule has 0 bridgehead atoms. The Morgan fingerprint density at radius 2 is 1.80 bits per heavy atom. The molecule has 30 heavy (non-hydrogen) atoms.